The molecule has 25 heavy (non-hydrogen) atoms. The minimum Gasteiger partial charge on any atom is -0.507 e. The quantitative estimate of drug-likeness (QED) is 0.757. The van der Waals surface area contributed by atoms with Gasteiger partial charge in [-0.2, -0.15) is 13.2 Å². The van der Waals surface area contributed by atoms with Crippen molar-refractivity contribution >= 4 is 11.0 Å². The summed E-state index contributed by atoms with van der Waals surface area (Å²) in [5, 5.41) is 28.4. The number of hydrogen-bond acceptors (Lipinski definition) is 4. The normalized spacial score (nSPS) is 13.4. The number of aromatic hydroxyl groups is 1. The first-order chi connectivity index (χ1) is 11.7. The van der Waals surface area contributed by atoms with Gasteiger partial charge >= 0.3 is 6.18 Å². The van der Waals surface area contributed by atoms with Crippen molar-refractivity contribution in [1.82, 2.24) is 14.8 Å². The molecule has 132 valence electrons. The molecule has 0 spiro atoms. The first kappa shape index (κ1) is 17.2. The zero-order valence-electron chi connectivity index (χ0n) is 13.5. The summed E-state index contributed by atoms with van der Waals surface area (Å²) in [6.07, 6.45) is -3.34. The van der Waals surface area contributed by atoms with Gasteiger partial charge in [-0.1, -0.05) is 0 Å². The van der Waals surface area contributed by atoms with Gasteiger partial charge in [-0.05, 0) is 43.7 Å². The third-order valence-corrected chi connectivity index (χ3v) is 3.87. The third-order valence-electron chi connectivity index (χ3n) is 3.87. The Balaban J connectivity index is 2.08. The van der Waals surface area contributed by atoms with Crippen LogP contribution in [0.2, 0.25) is 0 Å². The predicted octanol–water partition coefficient (Wildman–Crippen LogP) is 3.51. The molecular weight excluding hydrogens is 335 g/mol. The van der Waals surface area contributed by atoms with E-state index in [9.17, 15) is 23.4 Å². The first-order valence-corrected chi connectivity index (χ1v) is 7.58. The fourth-order valence-electron chi connectivity index (χ4n) is 2.81. The van der Waals surface area contributed by atoms with E-state index < -0.39 is 23.6 Å². The molecule has 0 aliphatic heterocycles. The Labute approximate surface area is 141 Å². The topological polar surface area (TPSA) is 71.2 Å². The lowest BCUT2D eigenvalue weighted by molar-refractivity contribution is -0.137. The van der Waals surface area contributed by atoms with E-state index in [2.05, 4.69) is 10.2 Å². The second-order valence-electron chi connectivity index (χ2n) is 6.01. The van der Waals surface area contributed by atoms with Crippen molar-refractivity contribution in [3.05, 3.63) is 41.6 Å². The molecule has 2 heterocycles. The van der Waals surface area contributed by atoms with Crippen LogP contribution in [-0.2, 0) is 12.7 Å². The molecule has 0 bridgehead atoms. The Kier molecular flexibility index (Phi) is 4.16. The molecule has 0 saturated heterocycles. The Bertz CT molecular complexity index is 910. The molecule has 0 aliphatic rings. The number of aryl methyl sites for hydroxylation is 1. The van der Waals surface area contributed by atoms with Crippen molar-refractivity contribution in [2.24, 2.45) is 0 Å². The summed E-state index contributed by atoms with van der Waals surface area (Å²) in [6.45, 7) is 3.48. The van der Waals surface area contributed by atoms with Crippen LogP contribution >= 0.6 is 0 Å². The number of hydrogen-bond donors (Lipinski definition) is 2. The fourth-order valence-corrected chi connectivity index (χ4v) is 2.81. The maximum atomic E-state index is 12.8. The zero-order valence-corrected chi connectivity index (χ0v) is 13.5. The molecule has 0 radical (unpaired) electrons. The number of nitrogens with zero attached hydrogens (tertiary/aromatic N) is 3. The molecule has 0 fully saturated rings. The van der Waals surface area contributed by atoms with Crippen LogP contribution in [0, 0.1) is 6.92 Å². The highest BCUT2D eigenvalue weighted by Gasteiger charge is 2.32. The van der Waals surface area contributed by atoms with Gasteiger partial charge in [0.2, 0.25) is 0 Å². The summed E-state index contributed by atoms with van der Waals surface area (Å²) in [6, 6.07) is 5.08. The van der Waals surface area contributed by atoms with E-state index in [1.54, 1.807) is 29.8 Å². The van der Waals surface area contributed by atoms with Crippen LogP contribution in [0.4, 0.5) is 13.2 Å². The summed E-state index contributed by atoms with van der Waals surface area (Å²) >= 11 is 0. The van der Waals surface area contributed by atoms with Gasteiger partial charge in [0.1, 0.15) is 5.75 Å². The van der Waals surface area contributed by atoms with E-state index in [-0.39, 0.29) is 16.8 Å². The van der Waals surface area contributed by atoms with E-state index in [1.165, 1.54) is 6.92 Å². The second kappa shape index (κ2) is 6.03. The Hall–Kier alpha value is -2.61. The third kappa shape index (κ3) is 3.30. The molecule has 8 heteroatoms. The van der Waals surface area contributed by atoms with Gasteiger partial charge in [-0.25, -0.2) is 0 Å². The van der Waals surface area contributed by atoms with Gasteiger partial charge in [0.25, 0.3) is 0 Å². The van der Waals surface area contributed by atoms with Gasteiger partial charge in [-0.3, -0.25) is 0 Å². The number of phenols is 1. The fraction of sp³-hybridized carbons (Fsp3) is 0.294. The molecule has 1 aromatic carbocycles. The van der Waals surface area contributed by atoms with E-state index in [4.69, 9.17) is 0 Å². The monoisotopic (exact) mass is 351 g/mol. The van der Waals surface area contributed by atoms with Crippen molar-refractivity contribution in [3.63, 3.8) is 0 Å². The SMILES string of the molecule is Cc1cc(C(F)(F)F)cc(O)c1-c1cc2ccn(CC(C)O)c2nn1. The number of phenolic OH excluding ortho intramolecular Hbond substituents is 1. The van der Waals surface area contributed by atoms with Crippen molar-refractivity contribution < 1.29 is 23.4 Å². The highest BCUT2D eigenvalue weighted by Crippen LogP contribution is 2.38. The molecule has 3 rings (SSSR count). The summed E-state index contributed by atoms with van der Waals surface area (Å²) in [4.78, 5) is 0. The highest BCUT2D eigenvalue weighted by molar-refractivity contribution is 5.82. The molecule has 1 unspecified atom stereocenters. The molecule has 0 saturated carbocycles. The van der Waals surface area contributed by atoms with Gasteiger partial charge in [0.05, 0.1) is 17.4 Å². The van der Waals surface area contributed by atoms with E-state index in [1.807, 2.05) is 0 Å². The van der Waals surface area contributed by atoms with Crippen LogP contribution in [0.1, 0.15) is 18.1 Å². The smallest absolute Gasteiger partial charge is 0.416 e. The molecule has 0 aliphatic carbocycles. The number of aliphatic hydroxyl groups excluding tert-OH is 1. The van der Waals surface area contributed by atoms with Crippen LogP contribution in [0.15, 0.2) is 30.5 Å². The number of aromatic nitrogens is 3. The number of fused-ring (bicyclic) bond motifs is 1. The lowest BCUT2D eigenvalue weighted by Gasteiger charge is -2.13. The lowest BCUT2D eigenvalue weighted by Crippen LogP contribution is -2.11. The van der Waals surface area contributed by atoms with Gasteiger partial charge in [0.15, 0.2) is 5.65 Å². The molecule has 5 nitrogen and oxygen atoms in total. The van der Waals surface area contributed by atoms with Crippen molar-refractivity contribution in [3.8, 4) is 17.0 Å². The average molecular weight is 351 g/mol. The summed E-state index contributed by atoms with van der Waals surface area (Å²) in [7, 11) is 0. The maximum absolute atomic E-state index is 12.8. The number of aliphatic hydroxyl groups is 1. The van der Waals surface area contributed by atoms with E-state index in [0.717, 1.165) is 6.07 Å². The lowest BCUT2D eigenvalue weighted by atomic mass is 10.00. The first-order valence-electron chi connectivity index (χ1n) is 7.58. The van der Waals surface area contributed by atoms with Crippen LogP contribution in [-0.4, -0.2) is 31.1 Å². The number of benzene rings is 1. The number of alkyl halides is 3. The zero-order chi connectivity index (χ0) is 18.4. The minimum atomic E-state index is -4.53. The molecule has 2 aromatic heterocycles. The van der Waals surface area contributed by atoms with Crippen LogP contribution in [0.25, 0.3) is 22.3 Å². The largest absolute Gasteiger partial charge is 0.507 e. The minimum absolute atomic E-state index is 0.214. The standard InChI is InChI=1S/C17H16F3N3O2/c1-9-5-12(17(18,19)20)7-14(25)15(9)13-6-11-3-4-23(8-10(2)24)16(11)22-21-13/h3-7,10,24-25H,8H2,1-2H3. The highest BCUT2D eigenvalue weighted by atomic mass is 19.4. The summed E-state index contributed by atoms with van der Waals surface area (Å²) in [5.41, 5.74) is 0.387. The van der Waals surface area contributed by atoms with Crippen LogP contribution < -0.4 is 0 Å². The van der Waals surface area contributed by atoms with Gasteiger partial charge < -0.3 is 14.8 Å². The molecule has 2 N–H and O–H groups in total. The molecule has 0 amide bonds. The number of halogens is 3. The molecule has 1 atom stereocenters. The molecule has 3 aromatic rings. The number of rotatable bonds is 3. The van der Waals surface area contributed by atoms with Gasteiger partial charge in [0, 0.05) is 23.7 Å². The van der Waals surface area contributed by atoms with Crippen molar-refractivity contribution in [2.75, 3.05) is 0 Å². The maximum Gasteiger partial charge on any atom is 0.416 e. The van der Waals surface area contributed by atoms with E-state index >= 15 is 0 Å². The van der Waals surface area contributed by atoms with Crippen molar-refractivity contribution in [1.29, 1.82) is 0 Å². The van der Waals surface area contributed by atoms with Gasteiger partial charge in [-0.15, -0.1) is 10.2 Å². The van der Waals surface area contributed by atoms with Crippen molar-refractivity contribution in [2.45, 2.75) is 32.7 Å². The summed E-state index contributed by atoms with van der Waals surface area (Å²) < 4.78 is 40.2. The second-order valence-corrected chi connectivity index (χ2v) is 6.01. The molecular formula is C17H16F3N3O2. The average Bonchev–Trinajstić information content (AvgIpc) is 2.87. The van der Waals surface area contributed by atoms with Crippen LogP contribution in [0.5, 0.6) is 5.75 Å². The summed E-state index contributed by atoms with van der Waals surface area (Å²) in [5.74, 6) is -0.496. The Morgan fingerprint density at radius 2 is 1.92 bits per heavy atom. The Morgan fingerprint density at radius 1 is 1.20 bits per heavy atom. The predicted molar refractivity (Wildman–Crippen MR) is 86.0 cm³/mol. The van der Waals surface area contributed by atoms with Crippen LogP contribution in [0.3, 0.4) is 0 Å². The van der Waals surface area contributed by atoms with E-state index in [0.29, 0.717) is 23.6 Å². The Morgan fingerprint density at radius 3 is 2.52 bits per heavy atom.